The van der Waals surface area contributed by atoms with Crippen LogP contribution in [0.15, 0.2) is 34.7 Å². The van der Waals surface area contributed by atoms with E-state index >= 15 is 0 Å². The minimum Gasteiger partial charge on any atom is -0.464 e. The lowest BCUT2D eigenvalue weighted by molar-refractivity contribution is 0.148. The molecule has 1 N–H and O–H groups in total. The normalized spacial score (nSPS) is 12.7. The van der Waals surface area contributed by atoms with Crippen LogP contribution in [0.1, 0.15) is 34.3 Å². The van der Waals surface area contributed by atoms with Crippen molar-refractivity contribution >= 4 is 0 Å². The fourth-order valence-corrected chi connectivity index (χ4v) is 1.96. The number of rotatable bonds is 3. The van der Waals surface area contributed by atoms with Gasteiger partial charge in [0, 0.05) is 6.42 Å². The number of aliphatic hydroxyl groups is 1. The van der Waals surface area contributed by atoms with Gasteiger partial charge in [-0.25, -0.2) is 0 Å². The second-order valence-electron chi connectivity index (χ2n) is 4.60. The fourth-order valence-electron chi connectivity index (χ4n) is 1.96. The monoisotopic (exact) mass is 230 g/mol. The summed E-state index contributed by atoms with van der Waals surface area (Å²) in [7, 11) is 0. The highest BCUT2D eigenvalue weighted by molar-refractivity contribution is 5.31. The number of aliphatic hydroxyl groups excluding tert-OH is 1. The molecule has 0 bridgehead atoms. The molecule has 0 amide bonds. The molecule has 0 fully saturated rings. The molecular formula is C15H18O2. The van der Waals surface area contributed by atoms with E-state index in [1.807, 2.05) is 19.1 Å². The van der Waals surface area contributed by atoms with Gasteiger partial charge in [0.15, 0.2) is 0 Å². The van der Waals surface area contributed by atoms with Gasteiger partial charge in [0.2, 0.25) is 0 Å². The van der Waals surface area contributed by atoms with Gasteiger partial charge in [0.25, 0.3) is 0 Å². The molecule has 1 heterocycles. The van der Waals surface area contributed by atoms with Gasteiger partial charge in [0.1, 0.15) is 17.6 Å². The highest BCUT2D eigenvalue weighted by atomic mass is 16.4. The number of hydrogen-bond donors (Lipinski definition) is 1. The molecule has 2 aromatic rings. The van der Waals surface area contributed by atoms with Crippen LogP contribution < -0.4 is 0 Å². The van der Waals surface area contributed by atoms with E-state index in [2.05, 4.69) is 32.0 Å². The lowest BCUT2D eigenvalue weighted by Gasteiger charge is -2.11. The maximum absolute atomic E-state index is 10.1. The summed E-state index contributed by atoms with van der Waals surface area (Å²) < 4.78 is 5.44. The summed E-state index contributed by atoms with van der Waals surface area (Å²) in [5.74, 6) is 1.48. The van der Waals surface area contributed by atoms with Crippen LogP contribution >= 0.6 is 0 Å². The van der Waals surface area contributed by atoms with E-state index in [4.69, 9.17) is 4.42 Å². The quantitative estimate of drug-likeness (QED) is 0.875. The number of hydrogen-bond acceptors (Lipinski definition) is 2. The van der Waals surface area contributed by atoms with Gasteiger partial charge in [-0.2, -0.15) is 0 Å². The Morgan fingerprint density at radius 3 is 2.53 bits per heavy atom. The predicted molar refractivity (Wildman–Crippen MR) is 68.0 cm³/mol. The largest absolute Gasteiger partial charge is 0.464 e. The summed E-state index contributed by atoms with van der Waals surface area (Å²) in [4.78, 5) is 0. The highest BCUT2D eigenvalue weighted by Gasteiger charge is 2.13. The minimum atomic E-state index is -0.566. The zero-order chi connectivity index (χ0) is 12.4. The molecule has 17 heavy (non-hydrogen) atoms. The van der Waals surface area contributed by atoms with Crippen molar-refractivity contribution in [3.05, 3.63) is 58.5 Å². The van der Waals surface area contributed by atoms with Gasteiger partial charge in [-0.1, -0.05) is 23.8 Å². The first kappa shape index (κ1) is 11.9. The Labute approximate surface area is 102 Å². The third-order valence-electron chi connectivity index (χ3n) is 3.01. The first-order valence-corrected chi connectivity index (χ1v) is 5.87. The Balaban J connectivity index is 2.18. The number of benzene rings is 1. The van der Waals surface area contributed by atoms with Crippen LogP contribution in [0.25, 0.3) is 0 Å². The SMILES string of the molecule is Cc1ccc(C)c(CC(O)c2ccc(C)o2)c1. The van der Waals surface area contributed by atoms with Gasteiger partial charge in [0.05, 0.1) is 0 Å². The summed E-state index contributed by atoms with van der Waals surface area (Å²) in [5.41, 5.74) is 3.60. The zero-order valence-electron chi connectivity index (χ0n) is 10.5. The van der Waals surface area contributed by atoms with E-state index in [0.717, 1.165) is 5.76 Å². The van der Waals surface area contributed by atoms with E-state index in [1.54, 1.807) is 0 Å². The average molecular weight is 230 g/mol. The van der Waals surface area contributed by atoms with E-state index in [-0.39, 0.29) is 0 Å². The molecule has 1 atom stereocenters. The maximum Gasteiger partial charge on any atom is 0.132 e. The standard InChI is InChI=1S/C15H18O2/c1-10-4-5-11(2)13(8-10)9-14(16)15-7-6-12(3)17-15/h4-8,14,16H,9H2,1-3H3. The van der Waals surface area contributed by atoms with Crippen LogP contribution in [0.5, 0.6) is 0 Å². The summed E-state index contributed by atoms with van der Waals surface area (Å²) in [6, 6.07) is 10.0. The Bertz CT molecular complexity index is 511. The molecule has 0 spiro atoms. The first-order valence-electron chi connectivity index (χ1n) is 5.87. The van der Waals surface area contributed by atoms with E-state index in [9.17, 15) is 5.11 Å². The van der Waals surface area contributed by atoms with Gasteiger partial charge < -0.3 is 9.52 Å². The third kappa shape index (κ3) is 2.77. The topological polar surface area (TPSA) is 33.4 Å². The average Bonchev–Trinajstić information content (AvgIpc) is 2.70. The van der Waals surface area contributed by atoms with Crippen molar-refractivity contribution in [3.63, 3.8) is 0 Å². The van der Waals surface area contributed by atoms with Crippen molar-refractivity contribution in [2.45, 2.75) is 33.3 Å². The zero-order valence-corrected chi connectivity index (χ0v) is 10.5. The minimum absolute atomic E-state index is 0.566. The Morgan fingerprint density at radius 2 is 1.88 bits per heavy atom. The molecule has 0 saturated heterocycles. The molecular weight excluding hydrogens is 212 g/mol. The maximum atomic E-state index is 10.1. The third-order valence-corrected chi connectivity index (χ3v) is 3.01. The van der Waals surface area contributed by atoms with Crippen molar-refractivity contribution in [2.24, 2.45) is 0 Å². The summed E-state index contributed by atoms with van der Waals surface area (Å²) in [6.45, 7) is 6.01. The number of furan rings is 1. The molecule has 0 radical (unpaired) electrons. The van der Waals surface area contributed by atoms with Crippen molar-refractivity contribution < 1.29 is 9.52 Å². The lowest BCUT2D eigenvalue weighted by atomic mass is 9.99. The Morgan fingerprint density at radius 1 is 1.12 bits per heavy atom. The van der Waals surface area contributed by atoms with Gasteiger partial charge in [-0.05, 0) is 44.0 Å². The molecule has 2 heteroatoms. The van der Waals surface area contributed by atoms with E-state index in [0.29, 0.717) is 12.2 Å². The lowest BCUT2D eigenvalue weighted by Crippen LogP contribution is -2.02. The van der Waals surface area contributed by atoms with Crippen molar-refractivity contribution in [1.29, 1.82) is 0 Å². The summed E-state index contributed by atoms with van der Waals surface area (Å²) >= 11 is 0. The molecule has 90 valence electrons. The first-order chi connectivity index (χ1) is 8.06. The molecule has 0 aliphatic heterocycles. The molecule has 2 nitrogen and oxygen atoms in total. The molecule has 0 aliphatic rings. The van der Waals surface area contributed by atoms with Crippen LogP contribution in [0.4, 0.5) is 0 Å². The van der Waals surface area contributed by atoms with Gasteiger partial charge in [-0.15, -0.1) is 0 Å². The van der Waals surface area contributed by atoms with Crippen molar-refractivity contribution in [2.75, 3.05) is 0 Å². The second kappa shape index (κ2) is 4.76. The summed E-state index contributed by atoms with van der Waals surface area (Å²) in [5, 5.41) is 10.1. The smallest absolute Gasteiger partial charge is 0.132 e. The Hall–Kier alpha value is -1.54. The molecule has 1 aromatic carbocycles. The van der Waals surface area contributed by atoms with Crippen molar-refractivity contribution in [3.8, 4) is 0 Å². The van der Waals surface area contributed by atoms with Crippen LogP contribution in [-0.2, 0) is 6.42 Å². The Kier molecular flexibility index (Phi) is 3.34. The van der Waals surface area contributed by atoms with Crippen LogP contribution in [0.2, 0.25) is 0 Å². The van der Waals surface area contributed by atoms with Gasteiger partial charge in [-0.3, -0.25) is 0 Å². The van der Waals surface area contributed by atoms with E-state index in [1.165, 1.54) is 16.7 Å². The molecule has 0 saturated carbocycles. The fraction of sp³-hybridized carbons (Fsp3) is 0.333. The molecule has 2 rings (SSSR count). The molecule has 1 aromatic heterocycles. The molecule has 1 unspecified atom stereocenters. The summed E-state index contributed by atoms with van der Waals surface area (Å²) in [6.07, 6.45) is 0.0321. The van der Waals surface area contributed by atoms with Crippen LogP contribution in [0.3, 0.4) is 0 Å². The van der Waals surface area contributed by atoms with Gasteiger partial charge >= 0.3 is 0 Å². The number of aryl methyl sites for hydroxylation is 3. The van der Waals surface area contributed by atoms with E-state index < -0.39 is 6.10 Å². The predicted octanol–water partition coefficient (Wildman–Crippen LogP) is 3.48. The highest BCUT2D eigenvalue weighted by Crippen LogP contribution is 2.22. The molecule has 0 aliphatic carbocycles. The van der Waals surface area contributed by atoms with Crippen LogP contribution in [0, 0.1) is 20.8 Å². The second-order valence-corrected chi connectivity index (χ2v) is 4.60. The van der Waals surface area contributed by atoms with Crippen molar-refractivity contribution in [1.82, 2.24) is 0 Å². The van der Waals surface area contributed by atoms with Crippen LogP contribution in [-0.4, -0.2) is 5.11 Å².